The molecule has 3 heterocycles. The van der Waals surface area contributed by atoms with Crippen LogP contribution in [0.4, 0.5) is 11.5 Å². The SMILES string of the molecule is COc1ccc(Nc2nc3c(OC)cccn3c(=O)c2CO)cn1. The Morgan fingerprint density at radius 3 is 2.71 bits per heavy atom. The number of fused-ring (bicyclic) bond motifs is 1. The van der Waals surface area contributed by atoms with Crippen LogP contribution in [0.1, 0.15) is 5.56 Å². The van der Waals surface area contributed by atoms with E-state index in [1.54, 1.807) is 36.7 Å². The van der Waals surface area contributed by atoms with Crippen LogP contribution in [0.2, 0.25) is 0 Å². The molecule has 0 amide bonds. The van der Waals surface area contributed by atoms with Crippen molar-refractivity contribution < 1.29 is 14.6 Å². The van der Waals surface area contributed by atoms with Crippen LogP contribution in [0.5, 0.6) is 11.6 Å². The highest BCUT2D eigenvalue weighted by molar-refractivity contribution is 5.64. The second-order valence-electron chi connectivity index (χ2n) is 4.89. The van der Waals surface area contributed by atoms with Crippen molar-refractivity contribution in [2.75, 3.05) is 19.5 Å². The fourth-order valence-corrected chi connectivity index (χ4v) is 2.29. The van der Waals surface area contributed by atoms with Gasteiger partial charge in [0.25, 0.3) is 5.56 Å². The number of nitrogens with zero attached hydrogens (tertiary/aromatic N) is 3. The van der Waals surface area contributed by atoms with Gasteiger partial charge in [0.2, 0.25) is 5.88 Å². The lowest BCUT2D eigenvalue weighted by Crippen LogP contribution is -2.22. The summed E-state index contributed by atoms with van der Waals surface area (Å²) in [6.07, 6.45) is 3.12. The summed E-state index contributed by atoms with van der Waals surface area (Å²) in [5.74, 6) is 1.17. The number of nitrogens with one attached hydrogen (secondary N) is 1. The van der Waals surface area contributed by atoms with E-state index in [0.717, 1.165) is 0 Å². The van der Waals surface area contributed by atoms with Gasteiger partial charge in [-0.05, 0) is 18.2 Å². The predicted octanol–water partition coefficient (Wildman–Crippen LogP) is 1.34. The smallest absolute Gasteiger partial charge is 0.265 e. The Hall–Kier alpha value is -3.13. The number of rotatable bonds is 5. The van der Waals surface area contributed by atoms with Gasteiger partial charge in [0, 0.05) is 12.3 Å². The van der Waals surface area contributed by atoms with E-state index in [9.17, 15) is 9.90 Å². The molecule has 8 heteroatoms. The topological polar surface area (TPSA) is 98.0 Å². The molecular formula is C16H16N4O4. The minimum absolute atomic E-state index is 0.150. The highest BCUT2D eigenvalue weighted by Gasteiger charge is 2.15. The normalized spacial score (nSPS) is 10.6. The molecular weight excluding hydrogens is 312 g/mol. The molecule has 124 valence electrons. The number of pyridine rings is 2. The van der Waals surface area contributed by atoms with Gasteiger partial charge in [0.1, 0.15) is 5.82 Å². The van der Waals surface area contributed by atoms with Gasteiger partial charge in [-0.25, -0.2) is 9.97 Å². The van der Waals surface area contributed by atoms with E-state index in [-0.39, 0.29) is 16.9 Å². The van der Waals surface area contributed by atoms with Gasteiger partial charge in [-0.3, -0.25) is 9.20 Å². The zero-order chi connectivity index (χ0) is 17.1. The van der Waals surface area contributed by atoms with Crippen molar-refractivity contribution in [2.45, 2.75) is 6.61 Å². The van der Waals surface area contributed by atoms with Crippen LogP contribution < -0.4 is 20.3 Å². The molecule has 0 atom stereocenters. The fraction of sp³-hybridized carbons (Fsp3) is 0.188. The molecule has 8 nitrogen and oxygen atoms in total. The second kappa shape index (κ2) is 6.55. The molecule has 0 spiro atoms. The van der Waals surface area contributed by atoms with Gasteiger partial charge in [0.15, 0.2) is 11.4 Å². The molecule has 3 aromatic rings. The Morgan fingerprint density at radius 1 is 1.25 bits per heavy atom. The van der Waals surface area contributed by atoms with Crippen LogP contribution >= 0.6 is 0 Å². The minimum atomic E-state index is -0.447. The number of hydrogen-bond donors (Lipinski definition) is 2. The Bertz CT molecular complexity index is 922. The lowest BCUT2D eigenvalue weighted by atomic mass is 10.3. The fourth-order valence-electron chi connectivity index (χ4n) is 2.29. The van der Waals surface area contributed by atoms with E-state index in [1.165, 1.54) is 18.6 Å². The molecule has 0 saturated heterocycles. The first-order valence-electron chi connectivity index (χ1n) is 7.14. The van der Waals surface area contributed by atoms with Gasteiger partial charge in [-0.1, -0.05) is 0 Å². The summed E-state index contributed by atoms with van der Waals surface area (Å²) in [6, 6.07) is 6.80. The van der Waals surface area contributed by atoms with Crippen molar-refractivity contribution in [1.82, 2.24) is 14.4 Å². The van der Waals surface area contributed by atoms with Crippen LogP contribution in [0, 0.1) is 0 Å². The van der Waals surface area contributed by atoms with E-state index < -0.39 is 6.61 Å². The summed E-state index contributed by atoms with van der Waals surface area (Å²) in [7, 11) is 3.03. The van der Waals surface area contributed by atoms with Crippen LogP contribution in [-0.4, -0.2) is 33.7 Å². The predicted molar refractivity (Wildman–Crippen MR) is 88.0 cm³/mol. The number of methoxy groups -OCH3 is 2. The average molecular weight is 328 g/mol. The highest BCUT2D eigenvalue weighted by atomic mass is 16.5. The minimum Gasteiger partial charge on any atom is -0.493 e. The summed E-state index contributed by atoms with van der Waals surface area (Å²) in [4.78, 5) is 21.1. The molecule has 0 aromatic carbocycles. The molecule has 0 aliphatic rings. The van der Waals surface area contributed by atoms with Gasteiger partial charge in [-0.15, -0.1) is 0 Å². The third-order valence-corrected chi connectivity index (χ3v) is 3.50. The number of hydrogen-bond acceptors (Lipinski definition) is 7. The maximum Gasteiger partial charge on any atom is 0.265 e. The van der Waals surface area contributed by atoms with Crippen LogP contribution in [-0.2, 0) is 6.61 Å². The summed E-state index contributed by atoms with van der Waals surface area (Å²) in [6.45, 7) is -0.447. The number of aliphatic hydroxyl groups excluding tert-OH is 1. The van der Waals surface area contributed by atoms with Crippen LogP contribution in [0.15, 0.2) is 41.5 Å². The molecule has 24 heavy (non-hydrogen) atoms. The highest BCUT2D eigenvalue weighted by Crippen LogP contribution is 2.22. The number of ether oxygens (including phenoxy) is 2. The Labute approximate surface area is 137 Å². The molecule has 0 radical (unpaired) electrons. The van der Waals surface area contributed by atoms with Crippen molar-refractivity contribution in [3.8, 4) is 11.6 Å². The summed E-state index contributed by atoms with van der Waals surface area (Å²) in [5.41, 5.74) is 0.741. The Balaban J connectivity index is 2.13. The summed E-state index contributed by atoms with van der Waals surface area (Å²) >= 11 is 0. The lowest BCUT2D eigenvalue weighted by molar-refractivity contribution is 0.280. The van der Waals surface area contributed by atoms with Crippen molar-refractivity contribution in [2.24, 2.45) is 0 Å². The van der Waals surface area contributed by atoms with Crippen LogP contribution in [0.25, 0.3) is 5.65 Å². The zero-order valence-electron chi connectivity index (χ0n) is 13.2. The van der Waals surface area contributed by atoms with E-state index >= 15 is 0 Å². The molecule has 0 saturated carbocycles. The van der Waals surface area contributed by atoms with Crippen LogP contribution in [0.3, 0.4) is 0 Å². The quantitative estimate of drug-likeness (QED) is 0.729. The number of aromatic nitrogens is 3. The van der Waals surface area contributed by atoms with Gasteiger partial charge in [0.05, 0.1) is 38.3 Å². The average Bonchev–Trinajstić information content (AvgIpc) is 2.62. The maximum atomic E-state index is 12.6. The Morgan fingerprint density at radius 2 is 2.08 bits per heavy atom. The summed E-state index contributed by atoms with van der Waals surface area (Å²) < 4.78 is 11.6. The molecule has 0 bridgehead atoms. The van der Waals surface area contributed by atoms with Crippen molar-refractivity contribution in [3.05, 3.63) is 52.6 Å². The molecule has 3 aromatic heterocycles. The van der Waals surface area contributed by atoms with E-state index in [2.05, 4.69) is 15.3 Å². The molecule has 3 rings (SSSR count). The van der Waals surface area contributed by atoms with Gasteiger partial charge < -0.3 is 19.9 Å². The molecule has 2 N–H and O–H groups in total. The van der Waals surface area contributed by atoms with E-state index in [1.807, 2.05) is 0 Å². The first kappa shape index (κ1) is 15.8. The monoisotopic (exact) mass is 328 g/mol. The third-order valence-electron chi connectivity index (χ3n) is 3.50. The number of aliphatic hydroxyl groups is 1. The summed E-state index contributed by atoms with van der Waals surface area (Å²) in [5, 5.41) is 12.6. The van der Waals surface area contributed by atoms with Gasteiger partial charge in [-0.2, -0.15) is 0 Å². The van der Waals surface area contributed by atoms with E-state index in [4.69, 9.17) is 9.47 Å². The van der Waals surface area contributed by atoms with E-state index in [0.29, 0.717) is 23.0 Å². The van der Waals surface area contributed by atoms with Crippen molar-refractivity contribution >= 4 is 17.2 Å². The van der Waals surface area contributed by atoms with Gasteiger partial charge >= 0.3 is 0 Å². The number of anilines is 2. The molecule has 0 unspecified atom stereocenters. The first-order chi connectivity index (χ1) is 11.7. The first-order valence-corrected chi connectivity index (χ1v) is 7.14. The molecule has 0 fully saturated rings. The zero-order valence-corrected chi connectivity index (χ0v) is 13.2. The van der Waals surface area contributed by atoms with Crippen molar-refractivity contribution in [3.63, 3.8) is 0 Å². The largest absolute Gasteiger partial charge is 0.493 e. The van der Waals surface area contributed by atoms with Crippen molar-refractivity contribution in [1.29, 1.82) is 0 Å². The Kier molecular flexibility index (Phi) is 4.30. The lowest BCUT2D eigenvalue weighted by Gasteiger charge is -2.13. The maximum absolute atomic E-state index is 12.6. The standard InChI is InChI=1S/C16H16N4O4/c1-23-12-4-3-7-20-15(12)19-14(11(9-21)16(20)22)18-10-5-6-13(24-2)17-8-10/h3-8,18,21H,9H2,1-2H3. The molecule has 0 aliphatic heterocycles. The second-order valence-corrected chi connectivity index (χ2v) is 4.89. The third kappa shape index (κ3) is 2.74. The molecule has 0 aliphatic carbocycles.